The minimum Gasteiger partial charge on any atom is -0.372 e. The van der Waals surface area contributed by atoms with Gasteiger partial charge in [-0.2, -0.15) is 5.10 Å². The quantitative estimate of drug-likeness (QED) is 0.843. The minimum absolute atomic E-state index is 0.159. The molecule has 82 valence electrons. The molecular weight excluding hydrogens is 270 g/mol. The molecule has 4 nitrogen and oxygen atoms in total. The van der Waals surface area contributed by atoms with Gasteiger partial charge in [-0.3, -0.25) is 4.79 Å². The van der Waals surface area contributed by atoms with E-state index in [2.05, 4.69) is 44.1 Å². The fourth-order valence-corrected chi connectivity index (χ4v) is 1.46. The molecule has 0 saturated heterocycles. The lowest BCUT2D eigenvalue weighted by Gasteiger charge is -2.06. The summed E-state index contributed by atoms with van der Waals surface area (Å²) < 4.78 is 1.62. The van der Waals surface area contributed by atoms with Crippen molar-refractivity contribution in [1.29, 1.82) is 0 Å². The summed E-state index contributed by atoms with van der Waals surface area (Å²) in [6.45, 7) is 2.38. The molecule has 0 unspecified atom stereocenters. The van der Waals surface area contributed by atoms with Crippen molar-refractivity contribution in [3.8, 4) is 24.2 Å². The lowest BCUT2D eigenvalue weighted by atomic mass is 10.4. The van der Waals surface area contributed by atoms with E-state index in [-0.39, 0.29) is 12.1 Å². The number of terminal acetylenes is 1. The van der Waals surface area contributed by atoms with Gasteiger partial charge in [0, 0.05) is 0 Å². The van der Waals surface area contributed by atoms with Gasteiger partial charge in [-0.1, -0.05) is 11.8 Å². The van der Waals surface area contributed by atoms with Crippen LogP contribution in [0.4, 0.5) is 5.69 Å². The first-order valence-electron chi connectivity index (χ1n) is 4.53. The van der Waals surface area contributed by atoms with Crippen LogP contribution in [0.5, 0.6) is 0 Å². The van der Waals surface area contributed by atoms with Gasteiger partial charge in [0.1, 0.15) is 11.0 Å². The summed E-state index contributed by atoms with van der Waals surface area (Å²) in [6.07, 6.45) is 6.66. The summed E-state index contributed by atoms with van der Waals surface area (Å²) in [5, 5.41) is 6.90. The highest BCUT2D eigenvalue weighted by atomic mass is 79.9. The summed E-state index contributed by atoms with van der Waals surface area (Å²) in [4.78, 5) is 11.7. The molecule has 0 aliphatic rings. The number of nitrogens with one attached hydrogen (secondary N) is 1. The molecule has 1 rings (SSSR count). The highest BCUT2D eigenvalue weighted by molar-refractivity contribution is 9.10. The Labute approximate surface area is 102 Å². The molecule has 0 spiro atoms. The first kappa shape index (κ1) is 12.4. The van der Waals surface area contributed by atoms with Crippen LogP contribution in [0.1, 0.15) is 6.92 Å². The number of hydrogen-bond donors (Lipinski definition) is 1. The normalized spacial score (nSPS) is 8.81. The molecule has 0 aliphatic carbocycles. The third-order valence-electron chi connectivity index (χ3n) is 1.77. The molecule has 1 N–H and O–H groups in total. The molecule has 1 aromatic heterocycles. The third kappa shape index (κ3) is 2.88. The number of nitrogens with zero attached hydrogens (tertiary/aromatic N) is 2. The highest BCUT2D eigenvalue weighted by Gasteiger charge is 2.06. The zero-order valence-electron chi connectivity index (χ0n) is 8.75. The fraction of sp³-hybridized carbons (Fsp3) is 0.273. The molecule has 1 aromatic rings. The maximum absolute atomic E-state index is 11.7. The Bertz CT molecular complexity index is 531. The molecular formula is C11H10BrN3O. The molecule has 0 aromatic carbocycles. The zero-order valence-corrected chi connectivity index (χ0v) is 10.3. The highest BCUT2D eigenvalue weighted by Crippen LogP contribution is 2.15. The van der Waals surface area contributed by atoms with Crippen LogP contribution in [0.2, 0.25) is 0 Å². The van der Waals surface area contributed by atoms with Crippen LogP contribution in [0.25, 0.3) is 0 Å². The number of aromatic nitrogens is 2. The predicted octanol–water partition coefficient (Wildman–Crippen LogP) is 1.07. The minimum atomic E-state index is -0.257. The smallest absolute Gasteiger partial charge is 0.284 e. The molecule has 1 heterocycles. The van der Waals surface area contributed by atoms with Crippen LogP contribution in [0.15, 0.2) is 15.5 Å². The average molecular weight is 280 g/mol. The van der Waals surface area contributed by atoms with E-state index >= 15 is 0 Å². The van der Waals surface area contributed by atoms with Crippen LogP contribution in [-0.4, -0.2) is 16.3 Å². The second-order valence-corrected chi connectivity index (χ2v) is 3.61. The van der Waals surface area contributed by atoms with E-state index in [4.69, 9.17) is 6.42 Å². The van der Waals surface area contributed by atoms with Crippen molar-refractivity contribution >= 4 is 21.6 Å². The third-order valence-corrected chi connectivity index (χ3v) is 2.54. The number of hydrogen-bond acceptors (Lipinski definition) is 3. The number of anilines is 1. The van der Waals surface area contributed by atoms with Gasteiger partial charge < -0.3 is 5.32 Å². The van der Waals surface area contributed by atoms with Gasteiger partial charge in [-0.15, -0.1) is 12.3 Å². The van der Waals surface area contributed by atoms with E-state index in [9.17, 15) is 4.79 Å². The topological polar surface area (TPSA) is 46.9 Å². The van der Waals surface area contributed by atoms with Gasteiger partial charge in [0.25, 0.3) is 5.56 Å². The Hall–Kier alpha value is -1.72. The van der Waals surface area contributed by atoms with Crippen molar-refractivity contribution < 1.29 is 0 Å². The van der Waals surface area contributed by atoms with Crippen molar-refractivity contribution in [1.82, 2.24) is 9.78 Å². The summed E-state index contributed by atoms with van der Waals surface area (Å²) in [5.74, 6) is 7.94. The van der Waals surface area contributed by atoms with E-state index in [0.29, 0.717) is 16.7 Å². The SMILES string of the molecule is C#CCn1ncc(NCC#CC)c(Br)c1=O. The van der Waals surface area contributed by atoms with E-state index in [1.165, 1.54) is 4.68 Å². The molecule has 0 atom stereocenters. The lowest BCUT2D eigenvalue weighted by molar-refractivity contribution is 0.660. The van der Waals surface area contributed by atoms with Gasteiger partial charge >= 0.3 is 0 Å². The monoisotopic (exact) mass is 279 g/mol. The van der Waals surface area contributed by atoms with Crippen molar-refractivity contribution in [3.63, 3.8) is 0 Å². The van der Waals surface area contributed by atoms with E-state index in [0.717, 1.165) is 0 Å². The van der Waals surface area contributed by atoms with E-state index in [1.807, 2.05) is 0 Å². The van der Waals surface area contributed by atoms with Crippen molar-refractivity contribution in [3.05, 3.63) is 21.0 Å². The summed E-state index contributed by atoms with van der Waals surface area (Å²) in [7, 11) is 0. The molecule has 0 radical (unpaired) electrons. The molecule has 0 bridgehead atoms. The van der Waals surface area contributed by atoms with Gasteiger partial charge in [-0.05, 0) is 22.9 Å². The van der Waals surface area contributed by atoms with Crippen molar-refractivity contribution in [2.75, 3.05) is 11.9 Å². The van der Waals surface area contributed by atoms with Crippen molar-refractivity contribution in [2.45, 2.75) is 13.5 Å². The Kier molecular flexibility index (Phi) is 4.63. The maximum Gasteiger partial charge on any atom is 0.284 e. The van der Waals surface area contributed by atoms with Crippen LogP contribution in [0, 0.1) is 24.2 Å². The Balaban J connectivity index is 2.97. The Morgan fingerprint density at radius 3 is 3.06 bits per heavy atom. The van der Waals surface area contributed by atoms with Crippen LogP contribution in [0.3, 0.4) is 0 Å². The molecule has 0 aliphatic heterocycles. The first-order chi connectivity index (χ1) is 7.70. The fourth-order valence-electron chi connectivity index (χ4n) is 1.02. The first-order valence-corrected chi connectivity index (χ1v) is 5.32. The number of halogens is 1. The molecule has 0 fully saturated rings. The van der Waals surface area contributed by atoms with E-state index < -0.39 is 0 Å². The van der Waals surface area contributed by atoms with Gasteiger partial charge in [0.15, 0.2) is 0 Å². The molecule has 5 heteroatoms. The Morgan fingerprint density at radius 1 is 1.69 bits per heavy atom. The van der Waals surface area contributed by atoms with Crippen LogP contribution < -0.4 is 10.9 Å². The van der Waals surface area contributed by atoms with Crippen LogP contribution in [-0.2, 0) is 6.54 Å². The predicted molar refractivity (Wildman–Crippen MR) is 67.0 cm³/mol. The summed E-state index contributed by atoms with van der Waals surface area (Å²) in [6, 6.07) is 0. The standard InChI is InChI=1S/C11H10BrN3O/c1-3-5-6-13-9-8-14-15(7-4-2)11(16)10(9)12/h2,8,13H,6-7H2,1H3. The Morgan fingerprint density at radius 2 is 2.44 bits per heavy atom. The maximum atomic E-state index is 11.7. The van der Waals surface area contributed by atoms with Gasteiger partial charge in [-0.25, -0.2) is 4.68 Å². The van der Waals surface area contributed by atoms with Gasteiger partial charge in [0.05, 0.1) is 18.4 Å². The summed E-state index contributed by atoms with van der Waals surface area (Å²) in [5.41, 5.74) is 0.355. The molecule has 16 heavy (non-hydrogen) atoms. The van der Waals surface area contributed by atoms with E-state index in [1.54, 1.807) is 13.1 Å². The average Bonchev–Trinajstić information content (AvgIpc) is 2.28. The molecule has 0 saturated carbocycles. The second-order valence-electron chi connectivity index (χ2n) is 2.82. The largest absolute Gasteiger partial charge is 0.372 e. The summed E-state index contributed by atoms with van der Waals surface area (Å²) >= 11 is 3.20. The van der Waals surface area contributed by atoms with Gasteiger partial charge in [0.2, 0.25) is 0 Å². The zero-order chi connectivity index (χ0) is 12.0. The second kappa shape index (κ2) is 5.99. The van der Waals surface area contributed by atoms with Crippen molar-refractivity contribution in [2.24, 2.45) is 0 Å². The number of rotatable bonds is 3. The lowest BCUT2D eigenvalue weighted by Crippen LogP contribution is -2.24. The molecule has 0 amide bonds. The van der Waals surface area contributed by atoms with Crippen LogP contribution >= 0.6 is 15.9 Å².